The van der Waals surface area contributed by atoms with Crippen molar-refractivity contribution in [1.82, 2.24) is 10.2 Å². The molecule has 3 heteroatoms. The summed E-state index contributed by atoms with van der Waals surface area (Å²) in [4.78, 5) is 2.58. The second-order valence-electron chi connectivity index (χ2n) is 6.34. The van der Waals surface area contributed by atoms with Gasteiger partial charge in [-0.25, -0.2) is 0 Å². The van der Waals surface area contributed by atoms with Gasteiger partial charge < -0.3 is 5.32 Å². The molecule has 1 aliphatic heterocycles. The first-order chi connectivity index (χ1) is 10.1. The zero-order valence-corrected chi connectivity index (χ0v) is 14.2. The van der Waals surface area contributed by atoms with E-state index in [1.165, 1.54) is 24.0 Å². The van der Waals surface area contributed by atoms with Crippen LogP contribution in [-0.4, -0.2) is 30.6 Å². The number of piperazine rings is 1. The number of hydrogen-bond acceptors (Lipinski definition) is 2. The van der Waals surface area contributed by atoms with Crippen LogP contribution in [0.2, 0.25) is 0 Å². The second-order valence-corrected chi connectivity index (χ2v) is 6.56. The number of nitrogens with one attached hydrogen (secondary N) is 1. The Morgan fingerprint density at radius 1 is 1.43 bits per heavy atom. The van der Waals surface area contributed by atoms with E-state index < -0.39 is 0 Å². The summed E-state index contributed by atoms with van der Waals surface area (Å²) in [5.74, 6) is 0. The number of nitrogens with zero attached hydrogens (tertiary/aromatic N) is 1. The van der Waals surface area contributed by atoms with Gasteiger partial charge in [0.15, 0.2) is 0 Å². The van der Waals surface area contributed by atoms with Gasteiger partial charge in [0.1, 0.15) is 0 Å². The van der Waals surface area contributed by atoms with Gasteiger partial charge in [0.2, 0.25) is 0 Å². The van der Waals surface area contributed by atoms with Crippen molar-refractivity contribution in [2.45, 2.75) is 45.2 Å². The van der Waals surface area contributed by atoms with Crippen LogP contribution in [0.4, 0.5) is 0 Å². The van der Waals surface area contributed by atoms with Gasteiger partial charge in [-0.05, 0) is 31.4 Å². The third-order valence-corrected chi connectivity index (χ3v) is 4.91. The van der Waals surface area contributed by atoms with E-state index in [1.54, 1.807) is 5.54 Å². The molecule has 1 saturated heterocycles. The molecule has 0 aromatic heterocycles. The second kappa shape index (κ2) is 7.44. The molecule has 0 radical (unpaired) electrons. The lowest BCUT2D eigenvalue weighted by atomic mass is 9.86. The highest BCUT2D eigenvalue weighted by Gasteiger charge is 2.38. The summed E-state index contributed by atoms with van der Waals surface area (Å²) in [6.45, 7) is 9.67. The molecule has 0 saturated carbocycles. The molecular weight excluding hydrogens is 280 g/mol. The lowest BCUT2D eigenvalue weighted by molar-refractivity contribution is 0.0568. The molecule has 1 aromatic carbocycles. The van der Waals surface area contributed by atoms with Crippen molar-refractivity contribution >= 4 is 11.6 Å². The fourth-order valence-electron chi connectivity index (χ4n) is 3.19. The Kier molecular flexibility index (Phi) is 5.86. The Morgan fingerprint density at radius 2 is 2.14 bits per heavy atom. The van der Waals surface area contributed by atoms with Crippen LogP contribution in [0.1, 0.15) is 39.2 Å². The molecular formula is C18H27ClN2. The average Bonchev–Trinajstić information content (AvgIpc) is 2.51. The Balaban J connectivity index is 2.25. The van der Waals surface area contributed by atoms with Crippen LogP contribution >= 0.6 is 11.6 Å². The van der Waals surface area contributed by atoms with Gasteiger partial charge in [0, 0.05) is 31.2 Å². The number of halogens is 1. The van der Waals surface area contributed by atoms with Gasteiger partial charge >= 0.3 is 0 Å². The molecule has 0 aliphatic carbocycles. The minimum absolute atomic E-state index is 0.0205. The molecule has 116 valence electrons. The van der Waals surface area contributed by atoms with Gasteiger partial charge in [0.05, 0.1) is 5.54 Å². The van der Waals surface area contributed by atoms with E-state index in [4.69, 9.17) is 11.6 Å². The molecule has 1 heterocycles. The molecule has 21 heavy (non-hydrogen) atoms. The Morgan fingerprint density at radius 3 is 2.76 bits per heavy atom. The molecule has 0 spiro atoms. The van der Waals surface area contributed by atoms with E-state index in [0.717, 1.165) is 19.6 Å². The molecule has 1 aromatic rings. The summed E-state index contributed by atoms with van der Waals surface area (Å²) < 4.78 is 0. The van der Waals surface area contributed by atoms with E-state index in [0.29, 0.717) is 6.04 Å². The minimum atomic E-state index is 0.0205. The van der Waals surface area contributed by atoms with E-state index in [-0.39, 0.29) is 5.54 Å². The molecule has 0 bridgehead atoms. The lowest BCUT2D eigenvalue weighted by Crippen LogP contribution is -2.61. The van der Waals surface area contributed by atoms with Crippen molar-refractivity contribution < 1.29 is 0 Å². The van der Waals surface area contributed by atoms with Crippen LogP contribution in [0.3, 0.4) is 0 Å². The van der Waals surface area contributed by atoms with Crippen molar-refractivity contribution in [3.63, 3.8) is 0 Å². The van der Waals surface area contributed by atoms with E-state index >= 15 is 0 Å². The van der Waals surface area contributed by atoms with Gasteiger partial charge in [-0.2, -0.15) is 0 Å². The quantitative estimate of drug-likeness (QED) is 0.880. The molecule has 2 atom stereocenters. The molecule has 0 amide bonds. The van der Waals surface area contributed by atoms with Crippen molar-refractivity contribution in [3.05, 3.63) is 47.0 Å². The first-order valence-electron chi connectivity index (χ1n) is 7.90. The zero-order valence-electron chi connectivity index (χ0n) is 13.4. The van der Waals surface area contributed by atoms with Crippen LogP contribution < -0.4 is 5.32 Å². The van der Waals surface area contributed by atoms with Crippen LogP contribution in [0, 0.1) is 0 Å². The van der Waals surface area contributed by atoms with E-state index in [9.17, 15) is 0 Å². The van der Waals surface area contributed by atoms with Crippen LogP contribution in [-0.2, 0) is 5.54 Å². The number of hydrogen-bond donors (Lipinski definition) is 1. The van der Waals surface area contributed by atoms with Crippen molar-refractivity contribution in [2.75, 3.05) is 19.6 Å². The SMILES string of the molecule is CCCC1CN(C/C(C)=C/Cl)C(C)(c2ccccc2)CN1. The van der Waals surface area contributed by atoms with E-state index in [2.05, 4.69) is 61.3 Å². The average molecular weight is 307 g/mol. The Hall–Kier alpha value is -0.830. The maximum absolute atomic E-state index is 5.90. The Labute approximate surface area is 134 Å². The van der Waals surface area contributed by atoms with Crippen molar-refractivity contribution in [2.24, 2.45) is 0 Å². The first kappa shape index (κ1) is 16.5. The van der Waals surface area contributed by atoms with Crippen LogP contribution in [0.15, 0.2) is 41.4 Å². The highest BCUT2D eigenvalue weighted by Crippen LogP contribution is 2.32. The molecule has 2 rings (SSSR count). The van der Waals surface area contributed by atoms with Crippen LogP contribution in [0.5, 0.6) is 0 Å². The van der Waals surface area contributed by atoms with Gasteiger partial charge in [-0.1, -0.05) is 55.3 Å². The summed E-state index contributed by atoms with van der Waals surface area (Å²) in [6.07, 6.45) is 2.45. The first-order valence-corrected chi connectivity index (χ1v) is 8.33. The summed E-state index contributed by atoms with van der Waals surface area (Å²) in [5, 5.41) is 3.74. The van der Waals surface area contributed by atoms with Gasteiger partial charge in [-0.3, -0.25) is 4.90 Å². The minimum Gasteiger partial charge on any atom is -0.311 e. The maximum atomic E-state index is 5.90. The van der Waals surface area contributed by atoms with Crippen LogP contribution in [0.25, 0.3) is 0 Å². The van der Waals surface area contributed by atoms with Crippen molar-refractivity contribution in [3.8, 4) is 0 Å². The zero-order chi connectivity index (χ0) is 15.3. The predicted molar refractivity (Wildman–Crippen MR) is 91.7 cm³/mol. The topological polar surface area (TPSA) is 15.3 Å². The standard InChI is InChI=1S/C18H27ClN2/c1-4-8-17-13-21(12-15(2)11-19)18(3,14-20-17)16-9-6-5-7-10-16/h5-7,9-11,17,20H,4,8,12-14H2,1-3H3/b15-11+. The largest absolute Gasteiger partial charge is 0.311 e. The number of benzene rings is 1. The smallest absolute Gasteiger partial charge is 0.0561 e. The highest BCUT2D eigenvalue weighted by atomic mass is 35.5. The summed E-state index contributed by atoms with van der Waals surface area (Å²) in [6, 6.07) is 11.4. The maximum Gasteiger partial charge on any atom is 0.0561 e. The van der Waals surface area contributed by atoms with Gasteiger partial charge in [0.25, 0.3) is 0 Å². The fourth-order valence-corrected chi connectivity index (χ4v) is 3.25. The monoisotopic (exact) mass is 306 g/mol. The predicted octanol–water partition coefficient (Wildman–Crippen LogP) is 4.12. The highest BCUT2D eigenvalue weighted by molar-refractivity contribution is 6.25. The third-order valence-electron chi connectivity index (χ3n) is 4.53. The van der Waals surface area contributed by atoms with E-state index in [1.807, 2.05) is 0 Å². The summed E-state index contributed by atoms with van der Waals surface area (Å²) >= 11 is 5.90. The molecule has 2 nitrogen and oxygen atoms in total. The summed E-state index contributed by atoms with van der Waals surface area (Å²) in [7, 11) is 0. The molecule has 1 aliphatic rings. The van der Waals surface area contributed by atoms with Gasteiger partial charge in [-0.15, -0.1) is 0 Å². The fraction of sp³-hybridized carbons (Fsp3) is 0.556. The number of rotatable bonds is 5. The lowest BCUT2D eigenvalue weighted by Gasteiger charge is -2.48. The normalized spacial score (nSPS) is 27.8. The molecule has 1 N–H and O–H groups in total. The Bertz CT molecular complexity index is 471. The molecule has 1 fully saturated rings. The molecule has 2 unspecified atom stereocenters. The van der Waals surface area contributed by atoms with Crippen molar-refractivity contribution in [1.29, 1.82) is 0 Å². The summed E-state index contributed by atoms with van der Waals surface area (Å²) in [5.41, 5.74) is 4.32. The third kappa shape index (κ3) is 3.88.